The standard InChI is InChI=1S/C63H38N2OS2/c1-3-15-39(16-4-1)64(41-29-33-59-51(35-41)47-20-9-13-25-57(47)67-59)43-27-31-46-45-19-7-11-23-53(45)63(54(46)37-43)55-38-44(28-32-49(55)62-61(63)50-22-8-12-24-56(50)66-62)65(40-17-5-2-6-18-40)42-30-34-60-52(36-42)48-21-10-14-26-58(48)68-60/h1-38H. The van der Waals surface area contributed by atoms with Crippen molar-refractivity contribution in [3.05, 3.63) is 253 Å². The second-order valence-corrected chi connectivity index (χ2v) is 20.1. The summed E-state index contributed by atoms with van der Waals surface area (Å²) < 4.78 is 12.2. The monoisotopic (exact) mass is 902 g/mol. The summed E-state index contributed by atoms with van der Waals surface area (Å²) in [5.41, 5.74) is 15.4. The Labute approximate surface area is 400 Å². The summed E-state index contributed by atoms with van der Waals surface area (Å²) in [6, 6.07) is 85.0. The lowest BCUT2D eigenvalue weighted by Gasteiger charge is -2.33. The van der Waals surface area contributed by atoms with Gasteiger partial charge >= 0.3 is 0 Å². The number of benzene rings is 10. The molecule has 0 radical (unpaired) electrons. The molecule has 0 N–H and O–H groups in total. The minimum absolute atomic E-state index is 0.693. The van der Waals surface area contributed by atoms with Gasteiger partial charge in [0.15, 0.2) is 0 Å². The third kappa shape index (κ3) is 5.28. The van der Waals surface area contributed by atoms with Crippen LogP contribution in [-0.4, -0.2) is 0 Å². The minimum atomic E-state index is -0.693. The van der Waals surface area contributed by atoms with E-state index in [1.807, 2.05) is 22.7 Å². The molecule has 0 saturated carbocycles. The first-order valence-corrected chi connectivity index (χ1v) is 24.8. The molecule has 2 aliphatic carbocycles. The topological polar surface area (TPSA) is 19.6 Å². The Morgan fingerprint density at radius 1 is 0.309 bits per heavy atom. The predicted molar refractivity (Wildman–Crippen MR) is 288 cm³/mol. The third-order valence-electron chi connectivity index (χ3n) is 14.4. The van der Waals surface area contributed by atoms with Gasteiger partial charge in [-0.05, 0) is 137 Å². The molecule has 3 heterocycles. The molecule has 3 aromatic heterocycles. The number of anilines is 6. The highest BCUT2D eigenvalue weighted by Gasteiger charge is 2.55. The van der Waals surface area contributed by atoms with E-state index in [2.05, 4.69) is 240 Å². The molecule has 0 bridgehead atoms. The summed E-state index contributed by atoms with van der Waals surface area (Å²) in [5, 5.41) is 6.26. The highest BCUT2D eigenvalue weighted by molar-refractivity contribution is 7.26. The van der Waals surface area contributed by atoms with Gasteiger partial charge in [-0.25, -0.2) is 0 Å². The second-order valence-electron chi connectivity index (χ2n) is 18.0. The van der Waals surface area contributed by atoms with Crippen LogP contribution in [-0.2, 0) is 5.41 Å². The highest BCUT2D eigenvalue weighted by Crippen LogP contribution is 2.66. The lowest BCUT2D eigenvalue weighted by Crippen LogP contribution is -2.26. The van der Waals surface area contributed by atoms with Crippen molar-refractivity contribution in [2.75, 3.05) is 9.80 Å². The fourth-order valence-corrected chi connectivity index (χ4v) is 13.8. The zero-order chi connectivity index (χ0) is 44.5. The van der Waals surface area contributed by atoms with E-state index in [0.717, 1.165) is 56.4 Å². The molecule has 10 aromatic carbocycles. The van der Waals surface area contributed by atoms with Gasteiger partial charge < -0.3 is 14.2 Å². The summed E-state index contributed by atoms with van der Waals surface area (Å²) >= 11 is 3.71. The number of nitrogens with zero attached hydrogens (tertiary/aromatic N) is 2. The zero-order valence-corrected chi connectivity index (χ0v) is 38.2. The number of rotatable bonds is 6. The first-order valence-electron chi connectivity index (χ1n) is 23.1. The molecular formula is C63H38N2OS2. The van der Waals surface area contributed by atoms with Crippen molar-refractivity contribution in [1.82, 2.24) is 0 Å². The summed E-state index contributed by atoms with van der Waals surface area (Å²) in [7, 11) is 0. The molecule has 3 nitrogen and oxygen atoms in total. The lowest BCUT2D eigenvalue weighted by atomic mass is 9.70. The molecule has 0 saturated heterocycles. The van der Waals surface area contributed by atoms with Gasteiger partial charge in [0.1, 0.15) is 11.3 Å². The molecule has 1 unspecified atom stereocenters. The maximum absolute atomic E-state index is 7.07. The van der Waals surface area contributed by atoms with Crippen molar-refractivity contribution in [2.45, 2.75) is 5.41 Å². The van der Waals surface area contributed by atoms with Crippen molar-refractivity contribution in [2.24, 2.45) is 0 Å². The van der Waals surface area contributed by atoms with Crippen LogP contribution in [0, 0.1) is 0 Å². The summed E-state index contributed by atoms with van der Waals surface area (Å²) in [5.74, 6) is 0.938. The van der Waals surface area contributed by atoms with Crippen molar-refractivity contribution < 1.29 is 4.42 Å². The number of hydrogen-bond acceptors (Lipinski definition) is 5. The average molecular weight is 903 g/mol. The number of hydrogen-bond donors (Lipinski definition) is 0. The van der Waals surface area contributed by atoms with E-state index in [1.165, 1.54) is 73.7 Å². The highest BCUT2D eigenvalue weighted by atomic mass is 32.1. The maximum atomic E-state index is 7.07. The molecule has 5 heteroatoms. The summed E-state index contributed by atoms with van der Waals surface area (Å²) in [4.78, 5) is 4.86. The van der Waals surface area contributed by atoms with Crippen LogP contribution < -0.4 is 9.80 Å². The van der Waals surface area contributed by atoms with Crippen LogP contribution in [0.4, 0.5) is 34.1 Å². The zero-order valence-electron chi connectivity index (χ0n) is 36.6. The number of thiophene rings is 2. The Balaban J connectivity index is 0.998. The van der Waals surface area contributed by atoms with Gasteiger partial charge in [0.05, 0.1) is 5.41 Å². The third-order valence-corrected chi connectivity index (χ3v) is 16.7. The van der Waals surface area contributed by atoms with Crippen LogP contribution >= 0.6 is 22.7 Å². The molecule has 2 aliphatic rings. The van der Waals surface area contributed by atoms with Crippen LogP contribution in [0.3, 0.4) is 0 Å². The molecule has 0 amide bonds. The summed E-state index contributed by atoms with van der Waals surface area (Å²) in [6.07, 6.45) is 0. The Morgan fingerprint density at radius 2 is 0.750 bits per heavy atom. The average Bonchev–Trinajstić information content (AvgIpc) is 4.20. The second kappa shape index (κ2) is 14.4. The van der Waals surface area contributed by atoms with Crippen molar-refractivity contribution >= 4 is 108 Å². The summed E-state index contributed by atoms with van der Waals surface area (Å²) in [6.45, 7) is 0. The van der Waals surface area contributed by atoms with Gasteiger partial charge in [-0.1, -0.05) is 121 Å². The molecule has 13 aromatic rings. The molecular weight excluding hydrogens is 865 g/mol. The Morgan fingerprint density at radius 3 is 1.37 bits per heavy atom. The number of para-hydroxylation sites is 3. The van der Waals surface area contributed by atoms with Gasteiger partial charge in [-0.2, -0.15) is 0 Å². The van der Waals surface area contributed by atoms with Crippen LogP contribution in [0.1, 0.15) is 22.3 Å². The molecule has 0 aliphatic heterocycles. The Hall–Kier alpha value is -8.22. The SMILES string of the molecule is c1ccc(N(c2ccc3c(c2)C2(c4ccccc4-3)c3cc(N(c4ccccc4)c4ccc5sc6ccccc6c5c4)ccc3-c3oc4ccccc4c32)c2ccc3sc4ccccc4c3c2)cc1. The largest absolute Gasteiger partial charge is 0.456 e. The van der Waals surface area contributed by atoms with Crippen LogP contribution in [0.25, 0.3) is 73.8 Å². The maximum Gasteiger partial charge on any atom is 0.140 e. The van der Waals surface area contributed by atoms with E-state index >= 15 is 0 Å². The molecule has 15 rings (SSSR count). The van der Waals surface area contributed by atoms with Crippen LogP contribution in [0.2, 0.25) is 0 Å². The molecule has 1 atom stereocenters. The number of fused-ring (bicyclic) bond motifs is 18. The smallest absolute Gasteiger partial charge is 0.140 e. The fraction of sp³-hybridized carbons (Fsp3) is 0.0159. The number of furan rings is 1. The van der Waals surface area contributed by atoms with E-state index in [4.69, 9.17) is 4.42 Å². The van der Waals surface area contributed by atoms with E-state index in [9.17, 15) is 0 Å². The quantitative estimate of drug-likeness (QED) is 0.166. The predicted octanol–water partition coefficient (Wildman–Crippen LogP) is 18.5. The van der Waals surface area contributed by atoms with Gasteiger partial charge in [0.25, 0.3) is 0 Å². The first kappa shape index (κ1) is 37.9. The van der Waals surface area contributed by atoms with Crippen LogP contribution in [0.5, 0.6) is 0 Å². The van der Waals surface area contributed by atoms with Crippen molar-refractivity contribution in [3.63, 3.8) is 0 Å². The minimum Gasteiger partial charge on any atom is -0.456 e. The molecule has 68 heavy (non-hydrogen) atoms. The Bertz CT molecular complexity index is 4180. The van der Waals surface area contributed by atoms with Gasteiger partial charge in [-0.3, -0.25) is 0 Å². The Kier molecular flexibility index (Phi) is 8.03. The van der Waals surface area contributed by atoms with Gasteiger partial charge in [-0.15, -0.1) is 22.7 Å². The first-order chi connectivity index (χ1) is 33.7. The van der Waals surface area contributed by atoms with E-state index in [-0.39, 0.29) is 0 Å². The molecule has 0 fully saturated rings. The van der Waals surface area contributed by atoms with Crippen LogP contribution in [0.15, 0.2) is 235 Å². The van der Waals surface area contributed by atoms with E-state index in [0.29, 0.717) is 0 Å². The van der Waals surface area contributed by atoms with E-state index in [1.54, 1.807) is 0 Å². The van der Waals surface area contributed by atoms with Gasteiger partial charge in [0.2, 0.25) is 0 Å². The lowest BCUT2D eigenvalue weighted by molar-refractivity contribution is 0.628. The van der Waals surface area contributed by atoms with Crippen molar-refractivity contribution in [3.8, 4) is 22.5 Å². The van der Waals surface area contributed by atoms with Crippen molar-refractivity contribution in [1.29, 1.82) is 0 Å². The van der Waals surface area contributed by atoms with Gasteiger partial charge in [0, 0.05) is 91.0 Å². The van der Waals surface area contributed by atoms with E-state index < -0.39 is 5.41 Å². The molecule has 318 valence electrons. The normalized spacial score (nSPS) is 14.5. The molecule has 1 spiro atoms. The fourth-order valence-electron chi connectivity index (χ4n) is 11.6.